The van der Waals surface area contributed by atoms with E-state index in [0.717, 1.165) is 18.8 Å². The molecule has 4 aromatic rings. The van der Waals surface area contributed by atoms with Gasteiger partial charge in [-0.3, -0.25) is 4.79 Å². The van der Waals surface area contributed by atoms with Gasteiger partial charge in [0.05, 0.1) is 28.8 Å². The van der Waals surface area contributed by atoms with Gasteiger partial charge in [-0.15, -0.1) is 0 Å². The van der Waals surface area contributed by atoms with Crippen molar-refractivity contribution in [3.8, 4) is 0 Å². The summed E-state index contributed by atoms with van der Waals surface area (Å²) in [6, 6.07) is 5.37. The summed E-state index contributed by atoms with van der Waals surface area (Å²) in [5.74, 6) is -0.999. The second-order valence-electron chi connectivity index (χ2n) is 9.93. The van der Waals surface area contributed by atoms with Crippen LogP contribution in [0.4, 0.5) is 15.8 Å². The third kappa shape index (κ3) is 4.58. The maximum Gasteiger partial charge on any atom is 0.257 e. The van der Waals surface area contributed by atoms with Crippen molar-refractivity contribution in [2.24, 2.45) is 0 Å². The Kier molecular flexibility index (Phi) is 6.04. The molecule has 0 bridgehead atoms. The summed E-state index contributed by atoms with van der Waals surface area (Å²) < 4.78 is 28.9. The van der Waals surface area contributed by atoms with Gasteiger partial charge in [0.25, 0.3) is 5.91 Å². The Hall–Kier alpha value is -3.36. The largest absolute Gasteiger partial charge is 0.367 e. The highest BCUT2D eigenvalue weighted by atomic mass is 31.2. The number of piperazine rings is 1. The summed E-state index contributed by atoms with van der Waals surface area (Å²) in [7, 11) is -2.73. The summed E-state index contributed by atoms with van der Waals surface area (Å²) in [6.07, 6.45) is 4.83. The van der Waals surface area contributed by atoms with Crippen molar-refractivity contribution in [2.45, 2.75) is 32.9 Å². The third-order valence-corrected chi connectivity index (χ3v) is 7.56. The SMILES string of the molecule is Cc1cn2cc(NC(=O)c3ccc(N4C[C@H](C)N[C@@H](C)C4)c4ncc(P(C)(C)=O)nc34)cc(F)c2n1. The number of halogens is 1. The van der Waals surface area contributed by atoms with Crippen LogP contribution in [0.15, 0.2) is 36.8 Å². The Balaban J connectivity index is 1.59. The van der Waals surface area contributed by atoms with Crippen molar-refractivity contribution in [3.63, 3.8) is 0 Å². The van der Waals surface area contributed by atoms with Crippen LogP contribution < -0.4 is 21.0 Å². The number of benzene rings is 1. The molecule has 1 aromatic carbocycles. The Morgan fingerprint density at radius 2 is 1.86 bits per heavy atom. The van der Waals surface area contributed by atoms with E-state index in [1.807, 2.05) is 6.07 Å². The first-order valence-electron chi connectivity index (χ1n) is 11.8. The fourth-order valence-corrected chi connectivity index (χ4v) is 5.42. The van der Waals surface area contributed by atoms with Crippen molar-refractivity contribution in [3.05, 3.63) is 53.9 Å². The van der Waals surface area contributed by atoms with E-state index in [4.69, 9.17) is 0 Å². The number of aromatic nitrogens is 4. The maximum atomic E-state index is 14.6. The number of hydrogen-bond acceptors (Lipinski definition) is 7. The zero-order chi connectivity index (χ0) is 25.8. The number of anilines is 2. The lowest BCUT2D eigenvalue weighted by atomic mass is 10.1. The molecule has 11 heteroatoms. The van der Waals surface area contributed by atoms with Gasteiger partial charge in [-0.05, 0) is 46.2 Å². The van der Waals surface area contributed by atoms with E-state index < -0.39 is 18.9 Å². The lowest BCUT2D eigenvalue weighted by molar-refractivity contribution is 0.102. The Bertz CT molecular complexity index is 1540. The standard InChI is InChI=1S/C25H29FN7O2P/c1-14-10-32(11-15(2)28-14)20-7-6-18(22-23(20)27-9-21(31-22)36(4,5)35)25(34)30-17-8-19(26)24-29-16(3)12-33(24)13-17/h6-9,12-15,28H,10-11H2,1-5H3,(H,30,34)/t14-,15-/m0/s1. The number of fused-ring (bicyclic) bond motifs is 2. The number of imidazole rings is 1. The molecule has 1 amide bonds. The molecule has 0 unspecified atom stereocenters. The number of pyridine rings is 1. The Morgan fingerprint density at radius 3 is 2.56 bits per heavy atom. The molecule has 0 spiro atoms. The first-order valence-corrected chi connectivity index (χ1v) is 14.4. The van der Waals surface area contributed by atoms with Gasteiger partial charge < -0.3 is 24.5 Å². The van der Waals surface area contributed by atoms with Crippen molar-refractivity contribution in [2.75, 3.05) is 36.6 Å². The van der Waals surface area contributed by atoms with Gasteiger partial charge in [-0.1, -0.05) is 0 Å². The molecule has 188 valence electrons. The number of nitrogens with one attached hydrogen (secondary N) is 2. The molecule has 0 saturated carbocycles. The molecule has 1 fully saturated rings. The van der Waals surface area contributed by atoms with Gasteiger partial charge >= 0.3 is 0 Å². The van der Waals surface area contributed by atoms with Crippen molar-refractivity contribution >= 4 is 46.5 Å². The molecular formula is C25H29FN7O2P. The fraction of sp³-hybridized carbons (Fsp3) is 0.360. The first-order chi connectivity index (χ1) is 17.0. The lowest BCUT2D eigenvalue weighted by Gasteiger charge is -2.38. The maximum absolute atomic E-state index is 14.6. The molecule has 2 atom stereocenters. The number of amides is 1. The van der Waals surface area contributed by atoms with E-state index in [1.165, 1.54) is 16.7 Å². The van der Waals surface area contributed by atoms with Gasteiger partial charge in [-0.2, -0.15) is 0 Å². The minimum Gasteiger partial charge on any atom is -0.367 e. The van der Waals surface area contributed by atoms with E-state index in [9.17, 15) is 13.8 Å². The summed E-state index contributed by atoms with van der Waals surface area (Å²) in [5, 5.41) is 6.29. The van der Waals surface area contributed by atoms with Gasteiger partial charge in [0.15, 0.2) is 11.5 Å². The Labute approximate surface area is 208 Å². The molecule has 4 heterocycles. The average Bonchev–Trinajstić information content (AvgIpc) is 3.17. The number of hydrogen-bond donors (Lipinski definition) is 2. The third-order valence-electron chi connectivity index (χ3n) is 6.24. The highest BCUT2D eigenvalue weighted by Crippen LogP contribution is 2.35. The van der Waals surface area contributed by atoms with Crippen LogP contribution in [0.3, 0.4) is 0 Å². The second-order valence-corrected chi connectivity index (χ2v) is 13.1. The number of aryl methyl sites for hydroxylation is 1. The van der Waals surface area contributed by atoms with Crippen LogP contribution >= 0.6 is 7.14 Å². The molecule has 2 N–H and O–H groups in total. The van der Waals surface area contributed by atoms with Gasteiger partial charge in [0.1, 0.15) is 23.6 Å². The summed E-state index contributed by atoms with van der Waals surface area (Å²) in [5.41, 5.74) is 3.56. The van der Waals surface area contributed by atoms with Crippen LogP contribution in [0.25, 0.3) is 16.7 Å². The molecule has 0 radical (unpaired) electrons. The molecule has 1 aliphatic heterocycles. The van der Waals surface area contributed by atoms with E-state index in [1.54, 1.807) is 38.7 Å². The quantitative estimate of drug-likeness (QED) is 0.406. The molecule has 36 heavy (non-hydrogen) atoms. The van der Waals surface area contributed by atoms with Crippen molar-refractivity contribution in [1.82, 2.24) is 24.7 Å². The summed E-state index contributed by atoms with van der Waals surface area (Å²) in [4.78, 5) is 29.1. The zero-order valence-corrected chi connectivity index (χ0v) is 21.8. The highest BCUT2D eigenvalue weighted by molar-refractivity contribution is 7.69. The minimum atomic E-state index is -2.73. The molecule has 5 rings (SSSR count). The predicted molar refractivity (Wildman–Crippen MR) is 141 cm³/mol. The van der Waals surface area contributed by atoms with Crippen molar-refractivity contribution in [1.29, 1.82) is 0 Å². The van der Waals surface area contributed by atoms with Crippen LogP contribution in [0.5, 0.6) is 0 Å². The normalized spacial score (nSPS) is 18.7. The van der Waals surface area contributed by atoms with Crippen LogP contribution in [0, 0.1) is 12.7 Å². The van der Waals surface area contributed by atoms with Crippen LogP contribution in [0.1, 0.15) is 29.9 Å². The molecule has 9 nitrogen and oxygen atoms in total. The van der Waals surface area contributed by atoms with E-state index in [0.29, 0.717) is 22.2 Å². The lowest BCUT2D eigenvalue weighted by Crippen LogP contribution is -2.54. The molecular weight excluding hydrogens is 480 g/mol. The number of nitrogens with zero attached hydrogens (tertiary/aromatic N) is 5. The fourth-order valence-electron chi connectivity index (χ4n) is 4.74. The molecule has 1 saturated heterocycles. The number of rotatable bonds is 4. The second kappa shape index (κ2) is 8.94. The minimum absolute atomic E-state index is 0.192. The Morgan fingerprint density at radius 1 is 1.14 bits per heavy atom. The van der Waals surface area contributed by atoms with E-state index in [-0.39, 0.29) is 29.0 Å². The number of carbonyl (C=O) groups excluding carboxylic acids is 1. The summed E-state index contributed by atoms with van der Waals surface area (Å²) >= 11 is 0. The molecule has 1 aliphatic rings. The van der Waals surface area contributed by atoms with Gasteiger partial charge in [-0.25, -0.2) is 19.3 Å². The highest BCUT2D eigenvalue weighted by Gasteiger charge is 2.26. The zero-order valence-electron chi connectivity index (χ0n) is 20.9. The van der Waals surface area contributed by atoms with E-state index >= 15 is 0 Å². The molecule has 0 aliphatic carbocycles. The van der Waals surface area contributed by atoms with Gasteiger partial charge in [0.2, 0.25) is 0 Å². The first kappa shape index (κ1) is 24.3. The summed E-state index contributed by atoms with van der Waals surface area (Å²) in [6.45, 7) is 10.8. The van der Waals surface area contributed by atoms with Crippen molar-refractivity contribution < 1.29 is 13.8 Å². The van der Waals surface area contributed by atoms with Crippen LogP contribution in [0.2, 0.25) is 0 Å². The smallest absolute Gasteiger partial charge is 0.257 e. The predicted octanol–water partition coefficient (Wildman–Crippen LogP) is 3.41. The van der Waals surface area contributed by atoms with Crippen LogP contribution in [-0.4, -0.2) is 63.8 Å². The van der Waals surface area contributed by atoms with Crippen LogP contribution in [-0.2, 0) is 4.57 Å². The topological polar surface area (TPSA) is 105 Å². The molecule has 3 aromatic heterocycles. The monoisotopic (exact) mass is 509 g/mol. The average molecular weight is 510 g/mol. The van der Waals surface area contributed by atoms with E-state index in [2.05, 4.69) is 44.3 Å². The number of carbonyl (C=O) groups is 1. The van der Waals surface area contributed by atoms with Gasteiger partial charge in [0, 0.05) is 43.6 Å².